The third-order valence-electron chi connectivity index (χ3n) is 9.84. The molecule has 1 aliphatic carbocycles. The molecule has 0 N–H and O–H groups in total. The normalized spacial score (nSPS) is 14.2. The molecule has 0 bridgehead atoms. The monoisotopic (exact) mass is 618 g/mol. The molecule has 7 aromatic rings. The molecule has 4 nitrogen and oxygen atoms in total. The number of hydrogen-bond donors (Lipinski definition) is 0. The van der Waals surface area contributed by atoms with Crippen LogP contribution in [-0.4, -0.2) is 14.2 Å². The van der Waals surface area contributed by atoms with Crippen molar-refractivity contribution in [2.45, 2.75) is 12.8 Å². The van der Waals surface area contributed by atoms with Crippen LogP contribution in [-0.2, 0) is 6.42 Å². The lowest BCUT2D eigenvalue weighted by Crippen LogP contribution is -2.41. The molecule has 0 radical (unpaired) electrons. The van der Waals surface area contributed by atoms with Gasteiger partial charge in [-0.05, 0) is 92.0 Å². The summed E-state index contributed by atoms with van der Waals surface area (Å²) in [7, 11) is -0.949. The second-order valence-corrected chi connectivity index (χ2v) is 12.5. The van der Waals surface area contributed by atoms with Crippen LogP contribution in [0, 0.1) is 0 Å². The first-order valence-corrected chi connectivity index (χ1v) is 16.5. The highest BCUT2D eigenvalue weighted by Crippen LogP contribution is 2.41. The summed E-state index contributed by atoms with van der Waals surface area (Å²) in [4.78, 5) is 0. The summed E-state index contributed by atoms with van der Waals surface area (Å²) in [6, 6.07) is 46.5. The van der Waals surface area contributed by atoms with E-state index < -0.39 is 14.2 Å². The van der Waals surface area contributed by atoms with Gasteiger partial charge >= 0.3 is 14.2 Å². The Bertz CT molecular complexity index is 2400. The van der Waals surface area contributed by atoms with Gasteiger partial charge in [-0.1, -0.05) is 121 Å². The number of rotatable bonds is 4. The fraction of sp³-hybridized carbons (Fsp3) is 0.0476. The van der Waals surface area contributed by atoms with E-state index in [1.165, 1.54) is 49.5 Å². The van der Waals surface area contributed by atoms with Gasteiger partial charge in [-0.2, -0.15) is 0 Å². The number of hydrogen-bond acceptors (Lipinski definition) is 4. The van der Waals surface area contributed by atoms with E-state index in [0.717, 1.165) is 52.2 Å². The van der Waals surface area contributed by atoms with E-state index >= 15 is 0 Å². The van der Waals surface area contributed by atoms with Crippen molar-refractivity contribution < 1.29 is 18.6 Å². The molecule has 0 saturated heterocycles. The van der Waals surface area contributed by atoms with Crippen LogP contribution in [0.3, 0.4) is 0 Å². The third-order valence-corrected chi connectivity index (χ3v) is 9.84. The average molecular weight is 618 g/mol. The predicted molar refractivity (Wildman–Crippen MR) is 196 cm³/mol. The largest absolute Gasteiger partial charge is 0.633 e. The summed E-state index contributed by atoms with van der Waals surface area (Å²) in [5.41, 5.74) is 9.49. The summed E-state index contributed by atoms with van der Waals surface area (Å²) in [6.45, 7) is 0. The van der Waals surface area contributed by atoms with Crippen LogP contribution in [0.2, 0.25) is 0 Å². The molecule has 2 aliphatic heterocycles. The van der Waals surface area contributed by atoms with E-state index in [2.05, 4.69) is 97.1 Å². The van der Waals surface area contributed by atoms with Crippen molar-refractivity contribution in [2.75, 3.05) is 0 Å². The van der Waals surface area contributed by atoms with Gasteiger partial charge in [-0.3, -0.25) is 0 Å². The van der Waals surface area contributed by atoms with Gasteiger partial charge in [0, 0.05) is 10.9 Å². The fourth-order valence-corrected chi connectivity index (χ4v) is 7.62. The zero-order valence-electron chi connectivity index (χ0n) is 26.1. The Morgan fingerprint density at radius 2 is 0.812 bits per heavy atom. The van der Waals surface area contributed by atoms with Crippen molar-refractivity contribution >= 4 is 52.8 Å². The quantitative estimate of drug-likeness (QED) is 0.185. The van der Waals surface area contributed by atoms with Gasteiger partial charge in [0.1, 0.15) is 23.0 Å². The second-order valence-electron chi connectivity index (χ2n) is 12.5. The molecule has 3 aliphatic rings. The summed E-state index contributed by atoms with van der Waals surface area (Å²) >= 11 is 0. The van der Waals surface area contributed by atoms with E-state index in [1.807, 2.05) is 48.5 Å². The molecular weight excluding hydrogens is 590 g/mol. The van der Waals surface area contributed by atoms with Gasteiger partial charge in [-0.15, -0.1) is 0 Å². The topological polar surface area (TPSA) is 36.9 Å². The molecule has 0 aromatic heterocycles. The number of allylic oxidation sites excluding steroid dienone is 1. The van der Waals surface area contributed by atoms with Gasteiger partial charge < -0.3 is 18.6 Å². The number of benzene rings is 7. The lowest BCUT2D eigenvalue weighted by molar-refractivity contribution is 0.518. The van der Waals surface area contributed by atoms with Crippen molar-refractivity contribution in [1.82, 2.24) is 0 Å². The highest BCUT2D eigenvalue weighted by molar-refractivity contribution is 6.67. The molecule has 0 amide bonds. The Hall–Kier alpha value is -5.87. The summed E-state index contributed by atoms with van der Waals surface area (Å²) in [6.07, 6.45) is 6.47. The molecule has 6 heteroatoms. The summed E-state index contributed by atoms with van der Waals surface area (Å²) in [5.74, 6) is 3.12. The van der Waals surface area contributed by atoms with Crippen molar-refractivity contribution in [2.24, 2.45) is 0 Å². The lowest BCUT2D eigenvalue weighted by Gasteiger charge is -2.22. The van der Waals surface area contributed by atoms with Gasteiger partial charge in [0.2, 0.25) is 0 Å². The van der Waals surface area contributed by atoms with Crippen LogP contribution in [0.25, 0.3) is 49.9 Å². The van der Waals surface area contributed by atoms with Crippen LogP contribution in [0.5, 0.6) is 23.0 Å². The maximum absolute atomic E-state index is 6.26. The molecule has 226 valence electrons. The van der Waals surface area contributed by atoms with Gasteiger partial charge in [0.05, 0.1) is 0 Å². The molecule has 0 atom stereocenters. The molecular formula is C42H28B2O4. The standard InChI is InChI=1S/C42H28B2O4/c1-2-12-28-27(11-1)31(33-23-25-37(35-15-5-3-13-29(33)35)43-45-39-17-7-8-18-40(39)46-43)21-22-32(28)34-24-26-38(36-16-6-4-14-30(34)36)44-47-41-19-9-10-20-42(41)48-44/h1-3,5-13,15-26H,4,14H2. The van der Waals surface area contributed by atoms with E-state index in [-0.39, 0.29) is 0 Å². The number of para-hydroxylation sites is 4. The second kappa shape index (κ2) is 10.9. The molecule has 0 spiro atoms. The van der Waals surface area contributed by atoms with Crippen LogP contribution in [0.1, 0.15) is 17.5 Å². The van der Waals surface area contributed by atoms with Crippen LogP contribution < -0.4 is 29.5 Å². The zero-order valence-corrected chi connectivity index (χ0v) is 26.1. The summed E-state index contributed by atoms with van der Waals surface area (Å²) in [5, 5.41) is 4.73. The Kier molecular flexibility index (Phi) is 6.16. The first-order valence-electron chi connectivity index (χ1n) is 16.5. The average Bonchev–Trinajstić information content (AvgIpc) is 3.78. The van der Waals surface area contributed by atoms with Crippen LogP contribution in [0.15, 0.2) is 140 Å². The minimum absolute atomic E-state index is 0.461. The molecule has 2 heterocycles. The van der Waals surface area contributed by atoms with Crippen molar-refractivity contribution in [3.63, 3.8) is 0 Å². The highest BCUT2D eigenvalue weighted by atomic mass is 16.6. The summed E-state index contributed by atoms with van der Waals surface area (Å²) < 4.78 is 25.0. The van der Waals surface area contributed by atoms with Crippen molar-refractivity contribution in [3.05, 3.63) is 151 Å². The lowest BCUT2D eigenvalue weighted by atomic mass is 9.71. The fourth-order valence-electron chi connectivity index (χ4n) is 7.62. The van der Waals surface area contributed by atoms with E-state index in [1.54, 1.807) is 0 Å². The Labute approximate surface area is 279 Å². The molecule has 7 aromatic carbocycles. The molecule has 0 fully saturated rings. The third kappa shape index (κ3) is 4.26. The van der Waals surface area contributed by atoms with E-state index in [9.17, 15) is 0 Å². The van der Waals surface area contributed by atoms with Gasteiger partial charge in [-0.25, -0.2) is 0 Å². The first-order chi connectivity index (χ1) is 23.8. The highest BCUT2D eigenvalue weighted by Gasteiger charge is 2.37. The molecule has 48 heavy (non-hydrogen) atoms. The molecule has 0 saturated carbocycles. The van der Waals surface area contributed by atoms with Crippen molar-refractivity contribution in [3.8, 4) is 45.3 Å². The van der Waals surface area contributed by atoms with Gasteiger partial charge in [0.25, 0.3) is 0 Å². The molecule has 0 unspecified atom stereocenters. The minimum atomic E-state index is -0.488. The first kappa shape index (κ1) is 27.3. The van der Waals surface area contributed by atoms with E-state index in [0.29, 0.717) is 0 Å². The maximum Gasteiger partial charge on any atom is 0.633 e. The Morgan fingerprint density at radius 3 is 1.40 bits per heavy atom. The SMILES string of the molecule is C1=Cc2c(B3Oc4ccccc4O3)ccc(-c3ccc(-c4ccc(B5Oc6ccccc6O5)c5ccccc45)c4ccccc34)c2CC1. The van der Waals surface area contributed by atoms with E-state index in [4.69, 9.17) is 18.6 Å². The minimum Gasteiger partial charge on any atom is -0.519 e. The zero-order chi connectivity index (χ0) is 31.6. The van der Waals surface area contributed by atoms with Crippen molar-refractivity contribution in [1.29, 1.82) is 0 Å². The van der Waals surface area contributed by atoms with Crippen LogP contribution >= 0.6 is 0 Å². The maximum atomic E-state index is 6.26. The van der Waals surface area contributed by atoms with Gasteiger partial charge in [0.15, 0.2) is 0 Å². The predicted octanol–water partition coefficient (Wildman–Crippen LogP) is 8.62. The Morgan fingerprint density at radius 1 is 0.396 bits per heavy atom. The Balaban J connectivity index is 1.08. The molecule has 10 rings (SSSR count). The van der Waals surface area contributed by atoms with Crippen LogP contribution in [0.4, 0.5) is 0 Å². The number of fused-ring (bicyclic) bond motifs is 5. The smallest absolute Gasteiger partial charge is 0.519 e.